The Kier molecular flexibility index (Phi) is 3.54. The number of benzene rings is 1. The molecule has 1 aromatic carbocycles. The van der Waals surface area contributed by atoms with E-state index in [1.807, 2.05) is 0 Å². The van der Waals surface area contributed by atoms with Crippen LogP contribution in [-0.2, 0) is 16.6 Å². The predicted molar refractivity (Wildman–Crippen MR) is 67.2 cm³/mol. The zero-order chi connectivity index (χ0) is 13.0. The van der Waals surface area contributed by atoms with Gasteiger partial charge in [0.25, 0.3) is 10.0 Å². The van der Waals surface area contributed by atoms with Crippen LogP contribution in [0, 0.1) is 0 Å². The largest absolute Gasteiger partial charge is 0.326 e. The summed E-state index contributed by atoms with van der Waals surface area (Å²) in [4.78, 5) is 7.64. The van der Waals surface area contributed by atoms with E-state index in [9.17, 15) is 8.42 Å². The van der Waals surface area contributed by atoms with Gasteiger partial charge >= 0.3 is 0 Å². The van der Waals surface area contributed by atoms with Crippen molar-refractivity contribution in [3.63, 3.8) is 0 Å². The van der Waals surface area contributed by atoms with E-state index in [-0.39, 0.29) is 4.90 Å². The van der Waals surface area contributed by atoms with E-state index in [2.05, 4.69) is 14.7 Å². The zero-order valence-electron chi connectivity index (χ0n) is 9.45. The topological polar surface area (TPSA) is 98.0 Å². The summed E-state index contributed by atoms with van der Waals surface area (Å²) in [5.41, 5.74) is 6.64. The molecule has 0 aliphatic rings. The van der Waals surface area contributed by atoms with Crippen LogP contribution in [0.15, 0.2) is 47.9 Å². The van der Waals surface area contributed by atoms with Crippen LogP contribution in [0.5, 0.6) is 0 Å². The second kappa shape index (κ2) is 5.11. The molecule has 2 rings (SSSR count). The van der Waals surface area contributed by atoms with Crippen LogP contribution in [0.4, 0.5) is 5.69 Å². The lowest BCUT2D eigenvalue weighted by Crippen LogP contribution is -2.13. The number of sulfonamides is 1. The SMILES string of the molecule is NCc1ccc(S(=O)(=O)Nc2cncnc2)cc1. The quantitative estimate of drug-likeness (QED) is 0.848. The molecule has 1 aromatic heterocycles. The van der Waals surface area contributed by atoms with E-state index in [4.69, 9.17) is 5.73 Å². The number of nitrogens with zero attached hydrogens (tertiary/aromatic N) is 2. The molecule has 0 spiro atoms. The first-order chi connectivity index (χ1) is 8.62. The zero-order valence-corrected chi connectivity index (χ0v) is 10.3. The van der Waals surface area contributed by atoms with Gasteiger partial charge in [-0.1, -0.05) is 12.1 Å². The van der Waals surface area contributed by atoms with E-state index in [0.717, 1.165) is 5.56 Å². The molecule has 0 atom stereocenters. The van der Waals surface area contributed by atoms with Crippen molar-refractivity contribution in [3.05, 3.63) is 48.5 Å². The normalized spacial score (nSPS) is 11.2. The van der Waals surface area contributed by atoms with E-state index >= 15 is 0 Å². The van der Waals surface area contributed by atoms with Crippen LogP contribution in [-0.4, -0.2) is 18.4 Å². The molecule has 2 aromatic rings. The lowest BCUT2D eigenvalue weighted by molar-refractivity contribution is 0.601. The summed E-state index contributed by atoms with van der Waals surface area (Å²) in [6, 6.07) is 6.37. The third kappa shape index (κ3) is 2.82. The predicted octanol–water partition coefficient (Wildman–Crippen LogP) is 0.736. The number of nitrogens with one attached hydrogen (secondary N) is 1. The van der Waals surface area contributed by atoms with Gasteiger partial charge in [-0.2, -0.15) is 0 Å². The molecular formula is C11H12N4O2S. The monoisotopic (exact) mass is 264 g/mol. The fourth-order valence-corrected chi connectivity index (χ4v) is 2.40. The highest BCUT2D eigenvalue weighted by atomic mass is 32.2. The maximum Gasteiger partial charge on any atom is 0.261 e. The van der Waals surface area contributed by atoms with E-state index < -0.39 is 10.0 Å². The minimum absolute atomic E-state index is 0.170. The molecule has 0 fully saturated rings. The highest BCUT2D eigenvalue weighted by molar-refractivity contribution is 7.92. The van der Waals surface area contributed by atoms with E-state index in [1.165, 1.54) is 30.9 Å². The van der Waals surface area contributed by atoms with Crippen molar-refractivity contribution in [2.75, 3.05) is 4.72 Å². The van der Waals surface area contributed by atoms with Gasteiger partial charge in [-0.15, -0.1) is 0 Å². The van der Waals surface area contributed by atoms with Crippen LogP contribution in [0.25, 0.3) is 0 Å². The van der Waals surface area contributed by atoms with Crippen molar-refractivity contribution in [2.45, 2.75) is 11.4 Å². The molecular weight excluding hydrogens is 252 g/mol. The number of nitrogens with two attached hydrogens (primary N) is 1. The summed E-state index contributed by atoms with van der Waals surface area (Å²) >= 11 is 0. The lowest BCUT2D eigenvalue weighted by atomic mass is 10.2. The summed E-state index contributed by atoms with van der Waals surface area (Å²) < 4.78 is 26.4. The molecule has 6 nitrogen and oxygen atoms in total. The van der Waals surface area contributed by atoms with Crippen molar-refractivity contribution in [3.8, 4) is 0 Å². The fourth-order valence-electron chi connectivity index (χ4n) is 1.37. The van der Waals surface area contributed by atoms with Crippen molar-refractivity contribution in [1.29, 1.82) is 0 Å². The summed E-state index contributed by atoms with van der Waals surface area (Å²) in [5.74, 6) is 0. The molecule has 0 bridgehead atoms. The van der Waals surface area contributed by atoms with Gasteiger partial charge in [0, 0.05) is 6.54 Å². The number of hydrogen-bond acceptors (Lipinski definition) is 5. The molecule has 0 saturated heterocycles. The Balaban J connectivity index is 2.25. The highest BCUT2D eigenvalue weighted by Crippen LogP contribution is 2.14. The summed E-state index contributed by atoms with van der Waals surface area (Å²) in [6.45, 7) is 0.375. The fraction of sp³-hybridized carbons (Fsp3) is 0.0909. The third-order valence-corrected chi connectivity index (χ3v) is 3.68. The molecule has 0 aliphatic carbocycles. The van der Waals surface area contributed by atoms with Crippen LogP contribution in [0.1, 0.15) is 5.56 Å². The number of hydrogen-bond donors (Lipinski definition) is 2. The maximum atomic E-state index is 12.0. The molecule has 94 valence electrons. The molecule has 3 N–H and O–H groups in total. The second-order valence-corrected chi connectivity index (χ2v) is 5.26. The van der Waals surface area contributed by atoms with Crippen LogP contribution in [0.2, 0.25) is 0 Å². The minimum Gasteiger partial charge on any atom is -0.326 e. The molecule has 18 heavy (non-hydrogen) atoms. The average molecular weight is 264 g/mol. The Morgan fingerprint density at radius 3 is 2.28 bits per heavy atom. The Labute approximate surface area is 105 Å². The van der Waals surface area contributed by atoms with Crippen molar-refractivity contribution >= 4 is 15.7 Å². The van der Waals surface area contributed by atoms with Gasteiger partial charge in [-0.3, -0.25) is 4.72 Å². The first-order valence-corrected chi connectivity index (χ1v) is 6.67. The Morgan fingerprint density at radius 2 is 1.72 bits per heavy atom. The van der Waals surface area contributed by atoms with E-state index in [0.29, 0.717) is 12.2 Å². The summed E-state index contributed by atoms with van der Waals surface area (Å²) in [7, 11) is -3.61. The molecule has 0 aliphatic heterocycles. The standard InChI is InChI=1S/C11H12N4O2S/c12-5-9-1-3-11(4-2-9)18(16,17)15-10-6-13-8-14-7-10/h1-4,6-8,15H,5,12H2. The number of anilines is 1. The molecule has 0 unspecified atom stereocenters. The smallest absolute Gasteiger partial charge is 0.261 e. The maximum absolute atomic E-state index is 12.0. The van der Waals surface area contributed by atoms with Gasteiger partial charge in [0.05, 0.1) is 23.0 Å². The van der Waals surface area contributed by atoms with Gasteiger partial charge in [-0.25, -0.2) is 18.4 Å². The Morgan fingerprint density at radius 1 is 1.11 bits per heavy atom. The third-order valence-electron chi connectivity index (χ3n) is 2.28. The summed E-state index contributed by atoms with van der Waals surface area (Å²) in [6.07, 6.45) is 4.10. The Bertz CT molecular complexity index is 611. The molecule has 1 heterocycles. The molecule has 0 radical (unpaired) electrons. The van der Waals surface area contributed by atoms with Crippen molar-refractivity contribution in [1.82, 2.24) is 9.97 Å². The van der Waals surface area contributed by atoms with Crippen LogP contribution < -0.4 is 10.5 Å². The van der Waals surface area contributed by atoms with Gasteiger partial charge in [0.1, 0.15) is 6.33 Å². The molecule has 7 heteroatoms. The molecule has 0 amide bonds. The van der Waals surface area contributed by atoms with Crippen LogP contribution >= 0.6 is 0 Å². The second-order valence-electron chi connectivity index (χ2n) is 3.58. The average Bonchev–Trinajstić information content (AvgIpc) is 2.39. The number of aromatic nitrogens is 2. The summed E-state index contributed by atoms with van der Waals surface area (Å²) in [5, 5.41) is 0. The van der Waals surface area contributed by atoms with Gasteiger partial charge in [0.2, 0.25) is 0 Å². The minimum atomic E-state index is -3.61. The van der Waals surface area contributed by atoms with Crippen LogP contribution in [0.3, 0.4) is 0 Å². The van der Waals surface area contributed by atoms with Gasteiger partial charge in [-0.05, 0) is 17.7 Å². The van der Waals surface area contributed by atoms with Crippen molar-refractivity contribution < 1.29 is 8.42 Å². The molecule has 0 saturated carbocycles. The van der Waals surface area contributed by atoms with Crippen molar-refractivity contribution in [2.24, 2.45) is 5.73 Å². The van der Waals surface area contributed by atoms with Gasteiger partial charge < -0.3 is 5.73 Å². The highest BCUT2D eigenvalue weighted by Gasteiger charge is 2.13. The Hall–Kier alpha value is -1.99. The van der Waals surface area contributed by atoms with E-state index in [1.54, 1.807) is 12.1 Å². The first-order valence-electron chi connectivity index (χ1n) is 5.18. The first kappa shape index (κ1) is 12.5. The lowest BCUT2D eigenvalue weighted by Gasteiger charge is -2.07. The van der Waals surface area contributed by atoms with Gasteiger partial charge in [0.15, 0.2) is 0 Å². The number of rotatable bonds is 4.